The Labute approximate surface area is 122 Å². The summed E-state index contributed by atoms with van der Waals surface area (Å²) in [5, 5.41) is 22.9. The Kier molecular flexibility index (Phi) is 3.97. The lowest BCUT2D eigenvalue weighted by atomic mass is 10.2. The molecule has 2 aromatic heterocycles. The lowest BCUT2D eigenvalue weighted by molar-refractivity contribution is -0.384. The van der Waals surface area contributed by atoms with Gasteiger partial charge in [0.15, 0.2) is 0 Å². The highest BCUT2D eigenvalue weighted by molar-refractivity contribution is 5.60. The van der Waals surface area contributed by atoms with Gasteiger partial charge in [0.2, 0.25) is 5.82 Å². The maximum Gasteiger partial charge on any atom is 0.333 e. The van der Waals surface area contributed by atoms with Crippen molar-refractivity contribution in [3.05, 3.63) is 32.8 Å². The van der Waals surface area contributed by atoms with Crippen LogP contribution in [0.4, 0.5) is 11.5 Å². The van der Waals surface area contributed by atoms with Crippen LogP contribution >= 0.6 is 0 Å². The topological polar surface area (TPSA) is 90.8 Å². The predicted molar refractivity (Wildman–Crippen MR) is 79.2 cm³/mol. The zero-order chi connectivity index (χ0) is 15.7. The van der Waals surface area contributed by atoms with Crippen LogP contribution in [-0.4, -0.2) is 24.5 Å². The molecule has 1 N–H and O–H groups in total. The van der Waals surface area contributed by atoms with Crippen LogP contribution in [0.25, 0.3) is 0 Å². The van der Waals surface area contributed by atoms with Crippen molar-refractivity contribution < 1.29 is 4.92 Å². The molecule has 0 saturated carbocycles. The molecule has 0 aliphatic carbocycles. The molecule has 8 nitrogen and oxygen atoms in total. The quantitative estimate of drug-likeness (QED) is 0.671. The normalized spacial score (nSPS) is 10.9. The van der Waals surface area contributed by atoms with Gasteiger partial charge in [0.05, 0.1) is 10.6 Å². The zero-order valence-corrected chi connectivity index (χ0v) is 13.0. The molecular formula is C13H20N6O2. The molecule has 0 fully saturated rings. The van der Waals surface area contributed by atoms with E-state index in [4.69, 9.17) is 0 Å². The predicted octanol–water partition coefficient (Wildman–Crippen LogP) is 1.85. The van der Waals surface area contributed by atoms with Crippen molar-refractivity contribution in [1.29, 1.82) is 0 Å². The summed E-state index contributed by atoms with van der Waals surface area (Å²) in [4.78, 5) is 10.9. The smallest absolute Gasteiger partial charge is 0.333 e. The van der Waals surface area contributed by atoms with Crippen molar-refractivity contribution in [2.45, 2.75) is 33.7 Å². The molecule has 0 aromatic carbocycles. The first-order valence-electron chi connectivity index (χ1n) is 6.80. The van der Waals surface area contributed by atoms with Crippen molar-refractivity contribution in [1.82, 2.24) is 19.6 Å². The summed E-state index contributed by atoms with van der Waals surface area (Å²) in [6.07, 6.45) is 0.525. The third kappa shape index (κ3) is 2.61. The van der Waals surface area contributed by atoms with E-state index in [1.165, 1.54) is 4.68 Å². The molecule has 0 aliphatic heterocycles. The van der Waals surface area contributed by atoms with Gasteiger partial charge in [-0.2, -0.15) is 10.2 Å². The fourth-order valence-corrected chi connectivity index (χ4v) is 2.44. The Hall–Kier alpha value is -2.38. The molecule has 0 spiro atoms. The fourth-order valence-electron chi connectivity index (χ4n) is 2.44. The molecule has 114 valence electrons. The van der Waals surface area contributed by atoms with E-state index < -0.39 is 0 Å². The Bertz CT molecular complexity index is 685. The number of rotatable bonds is 5. The second kappa shape index (κ2) is 5.55. The third-order valence-electron chi connectivity index (χ3n) is 3.70. The van der Waals surface area contributed by atoms with E-state index in [0.29, 0.717) is 24.5 Å². The highest BCUT2D eigenvalue weighted by Crippen LogP contribution is 2.29. The second-order valence-electron chi connectivity index (χ2n) is 5.00. The van der Waals surface area contributed by atoms with Gasteiger partial charge >= 0.3 is 5.69 Å². The maximum atomic E-state index is 11.3. The van der Waals surface area contributed by atoms with Gasteiger partial charge in [-0.25, -0.2) is 4.68 Å². The van der Waals surface area contributed by atoms with Crippen molar-refractivity contribution in [2.75, 3.05) is 5.32 Å². The Morgan fingerprint density at radius 1 is 1.24 bits per heavy atom. The standard InChI is InChI=1S/C13H20N6O2/c1-6-11-12(19(20)21)13(18(5)16-11)14-7-10-8(2)15-17(4)9(10)3/h14H,6-7H2,1-5H3. The number of aryl methyl sites for hydroxylation is 4. The summed E-state index contributed by atoms with van der Waals surface area (Å²) in [5.74, 6) is 0.430. The fraction of sp³-hybridized carbons (Fsp3) is 0.538. The summed E-state index contributed by atoms with van der Waals surface area (Å²) in [6, 6.07) is 0. The molecule has 2 aromatic rings. The highest BCUT2D eigenvalue weighted by Gasteiger charge is 2.25. The molecule has 8 heteroatoms. The van der Waals surface area contributed by atoms with E-state index in [2.05, 4.69) is 15.5 Å². The Balaban J connectivity index is 2.32. The second-order valence-corrected chi connectivity index (χ2v) is 5.00. The van der Waals surface area contributed by atoms with Gasteiger partial charge in [-0.05, 0) is 20.3 Å². The van der Waals surface area contributed by atoms with Crippen LogP contribution < -0.4 is 5.32 Å². The molecule has 0 bridgehead atoms. The summed E-state index contributed by atoms with van der Waals surface area (Å²) in [6.45, 7) is 6.24. The van der Waals surface area contributed by atoms with Crippen molar-refractivity contribution in [3.63, 3.8) is 0 Å². The van der Waals surface area contributed by atoms with E-state index >= 15 is 0 Å². The van der Waals surface area contributed by atoms with Crippen molar-refractivity contribution >= 4 is 11.5 Å². The third-order valence-corrected chi connectivity index (χ3v) is 3.70. The number of anilines is 1. The van der Waals surface area contributed by atoms with Gasteiger partial charge in [0.25, 0.3) is 0 Å². The summed E-state index contributed by atoms with van der Waals surface area (Å²) >= 11 is 0. The lowest BCUT2D eigenvalue weighted by Crippen LogP contribution is -2.08. The molecule has 0 amide bonds. The molecule has 0 aliphatic rings. The van der Waals surface area contributed by atoms with Crippen LogP contribution in [0.2, 0.25) is 0 Å². The van der Waals surface area contributed by atoms with E-state index in [0.717, 1.165) is 17.0 Å². The molecular weight excluding hydrogens is 272 g/mol. The monoisotopic (exact) mass is 292 g/mol. The Morgan fingerprint density at radius 3 is 2.38 bits per heavy atom. The number of hydrogen-bond donors (Lipinski definition) is 1. The molecule has 0 unspecified atom stereocenters. The number of nitro groups is 1. The van der Waals surface area contributed by atoms with Crippen LogP contribution in [0.15, 0.2) is 0 Å². The first-order valence-corrected chi connectivity index (χ1v) is 6.80. The van der Waals surface area contributed by atoms with Crippen LogP contribution in [-0.2, 0) is 27.1 Å². The Morgan fingerprint density at radius 2 is 1.90 bits per heavy atom. The zero-order valence-electron chi connectivity index (χ0n) is 13.0. The molecule has 0 atom stereocenters. The minimum Gasteiger partial charge on any atom is -0.360 e. The minimum absolute atomic E-state index is 0.0548. The molecule has 2 heterocycles. The summed E-state index contributed by atoms with van der Waals surface area (Å²) in [5.41, 5.74) is 3.55. The van der Waals surface area contributed by atoms with Crippen molar-refractivity contribution in [2.24, 2.45) is 14.1 Å². The van der Waals surface area contributed by atoms with E-state index in [1.807, 2.05) is 32.5 Å². The SMILES string of the molecule is CCc1nn(C)c(NCc2c(C)nn(C)c2C)c1[N+](=O)[O-]. The van der Waals surface area contributed by atoms with Gasteiger partial charge in [-0.3, -0.25) is 14.8 Å². The number of nitrogens with one attached hydrogen (secondary N) is 1. The van der Waals surface area contributed by atoms with E-state index in [-0.39, 0.29) is 10.6 Å². The number of nitrogens with zero attached hydrogens (tertiary/aromatic N) is 5. The molecule has 21 heavy (non-hydrogen) atoms. The lowest BCUT2D eigenvalue weighted by Gasteiger charge is -2.06. The first-order chi connectivity index (χ1) is 9.86. The van der Waals surface area contributed by atoms with Crippen molar-refractivity contribution in [3.8, 4) is 0 Å². The van der Waals surface area contributed by atoms with Crippen LogP contribution in [0.5, 0.6) is 0 Å². The van der Waals surface area contributed by atoms with Gasteiger partial charge in [0, 0.05) is 31.9 Å². The van der Waals surface area contributed by atoms with Gasteiger partial charge in [0.1, 0.15) is 5.69 Å². The van der Waals surface area contributed by atoms with Crippen LogP contribution in [0.3, 0.4) is 0 Å². The summed E-state index contributed by atoms with van der Waals surface area (Å²) < 4.78 is 3.33. The van der Waals surface area contributed by atoms with Gasteiger partial charge in [-0.1, -0.05) is 6.92 Å². The molecule has 0 radical (unpaired) electrons. The van der Waals surface area contributed by atoms with Gasteiger partial charge in [-0.15, -0.1) is 0 Å². The maximum absolute atomic E-state index is 11.3. The van der Waals surface area contributed by atoms with Gasteiger partial charge < -0.3 is 5.32 Å². The highest BCUT2D eigenvalue weighted by atomic mass is 16.6. The van der Waals surface area contributed by atoms with Crippen LogP contribution in [0.1, 0.15) is 29.6 Å². The first kappa shape index (κ1) is 15.0. The average molecular weight is 292 g/mol. The summed E-state index contributed by atoms with van der Waals surface area (Å²) in [7, 11) is 3.59. The van der Waals surface area contributed by atoms with E-state index in [9.17, 15) is 10.1 Å². The average Bonchev–Trinajstić information content (AvgIpc) is 2.86. The van der Waals surface area contributed by atoms with Crippen LogP contribution in [0, 0.1) is 24.0 Å². The number of aromatic nitrogens is 4. The minimum atomic E-state index is -0.378. The largest absolute Gasteiger partial charge is 0.360 e. The molecule has 0 saturated heterocycles. The molecule has 2 rings (SSSR count). The van der Waals surface area contributed by atoms with E-state index in [1.54, 1.807) is 7.05 Å². The number of hydrogen-bond acceptors (Lipinski definition) is 5.